The van der Waals surface area contributed by atoms with E-state index in [2.05, 4.69) is 34.9 Å². The van der Waals surface area contributed by atoms with E-state index in [1.807, 2.05) is 71.6 Å². The van der Waals surface area contributed by atoms with Crippen LogP contribution in [0.2, 0.25) is 0 Å². The first kappa shape index (κ1) is 36.1. The van der Waals surface area contributed by atoms with Crippen LogP contribution in [0, 0.1) is 5.92 Å². The van der Waals surface area contributed by atoms with Gasteiger partial charge in [0.05, 0.1) is 12.6 Å². The van der Waals surface area contributed by atoms with Crippen molar-refractivity contribution in [3.05, 3.63) is 108 Å². The Hall–Kier alpha value is -4.21. The number of nitrogens with zero attached hydrogens (tertiary/aromatic N) is 3. The Kier molecular flexibility index (Phi) is 12.1. The van der Waals surface area contributed by atoms with Crippen molar-refractivity contribution >= 4 is 36.0 Å². The number of likely N-dealkylation sites (N-methyl/N-ethyl adjacent to an activating group) is 1. The lowest BCUT2D eigenvalue weighted by Crippen LogP contribution is -2.66. The molecule has 10 heteroatoms. The molecule has 6 rings (SSSR count). The minimum Gasteiger partial charge on any atom is -0.343 e. The molecule has 0 aromatic heterocycles. The maximum Gasteiger partial charge on any atom is 0.247 e. The fraction of sp³-hybridized carbons (Fsp3) is 0.436. The Morgan fingerprint density at radius 3 is 1.98 bits per heavy atom. The van der Waals surface area contributed by atoms with Gasteiger partial charge in [0.25, 0.3) is 0 Å². The zero-order valence-electron chi connectivity index (χ0n) is 28.4. The van der Waals surface area contributed by atoms with Crippen molar-refractivity contribution in [1.29, 1.82) is 0 Å². The maximum atomic E-state index is 14.6. The summed E-state index contributed by atoms with van der Waals surface area (Å²) in [5.41, 5.74) is 3.13. The van der Waals surface area contributed by atoms with Crippen LogP contribution in [-0.2, 0) is 25.6 Å². The molecule has 3 fully saturated rings. The summed E-state index contributed by atoms with van der Waals surface area (Å²) >= 11 is 0. The first-order chi connectivity index (χ1) is 23.4. The highest BCUT2D eigenvalue weighted by Gasteiger charge is 2.53. The highest BCUT2D eigenvalue weighted by atomic mass is 35.5. The van der Waals surface area contributed by atoms with E-state index in [4.69, 9.17) is 0 Å². The second-order valence-electron chi connectivity index (χ2n) is 13.5. The highest BCUT2D eigenvalue weighted by Crippen LogP contribution is 2.34. The van der Waals surface area contributed by atoms with E-state index >= 15 is 0 Å². The van der Waals surface area contributed by atoms with E-state index in [1.54, 1.807) is 23.8 Å². The second kappa shape index (κ2) is 16.5. The van der Waals surface area contributed by atoms with Crippen LogP contribution in [0.1, 0.15) is 61.6 Å². The van der Waals surface area contributed by atoms with Crippen LogP contribution >= 0.6 is 12.4 Å². The number of piperazine rings is 1. The Morgan fingerprint density at radius 2 is 1.41 bits per heavy atom. The van der Waals surface area contributed by atoms with Crippen molar-refractivity contribution in [3.63, 3.8) is 0 Å². The van der Waals surface area contributed by atoms with E-state index in [9.17, 15) is 19.2 Å². The molecule has 0 unspecified atom stereocenters. The smallest absolute Gasteiger partial charge is 0.247 e. The minimum atomic E-state index is -0.754. The molecule has 0 bridgehead atoms. The molecule has 3 aromatic carbocycles. The van der Waals surface area contributed by atoms with Gasteiger partial charge in [-0.15, -0.1) is 12.4 Å². The summed E-state index contributed by atoms with van der Waals surface area (Å²) in [6.07, 6.45) is 4.53. The van der Waals surface area contributed by atoms with E-state index in [1.165, 1.54) is 0 Å². The molecule has 49 heavy (non-hydrogen) atoms. The first-order valence-corrected chi connectivity index (χ1v) is 17.4. The molecule has 4 atom stereocenters. The molecule has 1 aliphatic carbocycles. The van der Waals surface area contributed by atoms with Gasteiger partial charge in [-0.05, 0) is 49.4 Å². The van der Waals surface area contributed by atoms with Gasteiger partial charge in [-0.2, -0.15) is 0 Å². The zero-order valence-corrected chi connectivity index (χ0v) is 29.2. The van der Waals surface area contributed by atoms with E-state index in [-0.39, 0.29) is 61.0 Å². The van der Waals surface area contributed by atoms with Crippen molar-refractivity contribution in [2.75, 3.05) is 26.7 Å². The van der Waals surface area contributed by atoms with Gasteiger partial charge >= 0.3 is 0 Å². The summed E-state index contributed by atoms with van der Waals surface area (Å²) in [4.78, 5) is 61.3. The van der Waals surface area contributed by atoms with Crippen LogP contribution in [0.15, 0.2) is 91.0 Å². The average molecular weight is 686 g/mol. The zero-order chi connectivity index (χ0) is 33.6. The Bertz CT molecular complexity index is 1530. The number of benzene rings is 3. The summed E-state index contributed by atoms with van der Waals surface area (Å²) in [6.45, 7) is 2.27. The van der Waals surface area contributed by atoms with Gasteiger partial charge in [0.15, 0.2) is 0 Å². The molecule has 2 saturated heterocycles. The number of rotatable bonds is 11. The molecule has 2 aliphatic heterocycles. The van der Waals surface area contributed by atoms with Crippen LogP contribution < -0.4 is 10.6 Å². The molecule has 0 spiro atoms. The quantitative estimate of drug-likeness (QED) is 0.313. The third-order valence-corrected chi connectivity index (χ3v) is 10.5. The van der Waals surface area contributed by atoms with E-state index in [0.29, 0.717) is 13.0 Å². The molecular weight excluding hydrogens is 638 g/mol. The van der Waals surface area contributed by atoms with Gasteiger partial charge in [-0.1, -0.05) is 110 Å². The molecule has 260 valence electrons. The molecule has 2 heterocycles. The molecular formula is C39H48ClN5O4. The van der Waals surface area contributed by atoms with Gasteiger partial charge in [-0.3, -0.25) is 19.2 Å². The summed E-state index contributed by atoms with van der Waals surface area (Å²) in [7, 11) is 1.72. The van der Waals surface area contributed by atoms with Crippen LogP contribution in [0.25, 0.3) is 0 Å². The van der Waals surface area contributed by atoms with Crippen molar-refractivity contribution in [2.24, 2.45) is 5.92 Å². The number of hydrogen-bond donors (Lipinski definition) is 2. The molecule has 4 amide bonds. The second-order valence-corrected chi connectivity index (χ2v) is 13.5. The summed E-state index contributed by atoms with van der Waals surface area (Å²) in [5.74, 6) is -0.935. The summed E-state index contributed by atoms with van der Waals surface area (Å²) in [6, 6.07) is 28.1. The van der Waals surface area contributed by atoms with Gasteiger partial charge in [0.2, 0.25) is 23.6 Å². The number of carbonyl (C=O) groups is 4. The topological polar surface area (TPSA) is 102 Å². The first-order valence-electron chi connectivity index (χ1n) is 17.4. The van der Waals surface area contributed by atoms with Crippen molar-refractivity contribution in [1.82, 2.24) is 25.3 Å². The minimum absolute atomic E-state index is 0. The predicted molar refractivity (Wildman–Crippen MR) is 192 cm³/mol. The number of fused-ring (bicyclic) bond motifs is 1. The maximum absolute atomic E-state index is 14.6. The molecule has 9 nitrogen and oxygen atoms in total. The van der Waals surface area contributed by atoms with Crippen LogP contribution in [-0.4, -0.2) is 89.3 Å². The molecule has 0 radical (unpaired) electrons. The largest absolute Gasteiger partial charge is 0.343 e. The summed E-state index contributed by atoms with van der Waals surface area (Å²) in [5, 5.41) is 6.04. The molecule has 2 N–H and O–H groups in total. The molecule has 3 aromatic rings. The Labute approximate surface area is 295 Å². The highest BCUT2D eigenvalue weighted by molar-refractivity contribution is 5.97. The molecule has 3 aliphatic rings. The lowest BCUT2D eigenvalue weighted by atomic mass is 9.83. The number of amides is 4. The third kappa shape index (κ3) is 8.00. The Balaban J connectivity index is 0.00000468. The monoisotopic (exact) mass is 685 g/mol. The van der Waals surface area contributed by atoms with Gasteiger partial charge in [-0.25, -0.2) is 0 Å². The van der Waals surface area contributed by atoms with Crippen molar-refractivity contribution in [3.8, 4) is 0 Å². The SMILES string of the molecule is CN[C@@H](C)C(=O)N[C@H](C(=O)N1CC(=O)N2[C@@H]1CN(CC(c1ccccc1)c1ccccc1)C(=O)[C@@H]2Cc1ccccc1)C1CCCCC1.Cl. The fourth-order valence-electron chi connectivity index (χ4n) is 7.68. The van der Waals surface area contributed by atoms with Crippen molar-refractivity contribution < 1.29 is 19.2 Å². The van der Waals surface area contributed by atoms with E-state index < -0.39 is 24.3 Å². The fourth-order valence-corrected chi connectivity index (χ4v) is 7.68. The van der Waals surface area contributed by atoms with Crippen LogP contribution in [0.3, 0.4) is 0 Å². The summed E-state index contributed by atoms with van der Waals surface area (Å²) < 4.78 is 0. The number of carbonyl (C=O) groups excluding carboxylic acids is 4. The van der Waals surface area contributed by atoms with Gasteiger partial charge in [0, 0.05) is 18.9 Å². The van der Waals surface area contributed by atoms with Crippen LogP contribution in [0.5, 0.6) is 0 Å². The predicted octanol–water partition coefficient (Wildman–Crippen LogP) is 4.36. The van der Waals surface area contributed by atoms with Crippen molar-refractivity contribution in [2.45, 2.75) is 75.7 Å². The van der Waals surface area contributed by atoms with Gasteiger partial charge in [0.1, 0.15) is 24.8 Å². The number of nitrogens with one attached hydrogen (secondary N) is 2. The number of halogens is 1. The van der Waals surface area contributed by atoms with E-state index in [0.717, 1.165) is 48.8 Å². The third-order valence-electron chi connectivity index (χ3n) is 10.5. The van der Waals surface area contributed by atoms with Crippen LogP contribution in [0.4, 0.5) is 0 Å². The lowest BCUT2D eigenvalue weighted by molar-refractivity contribution is -0.156. The Morgan fingerprint density at radius 1 is 0.837 bits per heavy atom. The molecule has 1 saturated carbocycles. The number of hydrogen-bond acceptors (Lipinski definition) is 5. The standard InChI is InChI=1S/C39H47N5O4.ClH/c1-27(40-2)37(46)41-36(31-21-13-6-14-22-31)39(48)43-26-35(45)44-33(23-28-15-7-3-8-16-28)38(47)42(25-34(43)44)24-32(29-17-9-4-10-18-29)30-19-11-5-12-20-30;/h3-5,7-12,15-20,27,31-34,36,40H,6,13-14,21-26H2,1-2H3,(H,41,46);1H/t27-,33-,34+,36-;/m0./s1. The average Bonchev–Trinajstić information content (AvgIpc) is 3.47. The normalized spacial score (nSPS) is 20.8. The lowest BCUT2D eigenvalue weighted by Gasteiger charge is -2.46. The van der Waals surface area contributed by atoms with Gasteiger partial charge < -0.3 is 25.3 Å².